The number of hydrogen-bond donors (Lipinski definition) is 1. The molecule has 0 spiro atoms. The van der Waals surface area contributed by atoms with Gasteiger partial charge < -0.3 is 14.8 Å². The zero-order valence-corrected chi connectivity index (χ0v) is 18.7. The summed E-state index contributed by atoms with van der Waals surface area (Å²) < 4.78 is 11.6. The number of carbonyl (C=O) groups excluding carboxylic acids is 1. The molecule has 4 heteroatoms. The van der Waals surface area contributed by atoms with Gasteiger partial charge in [-0.1, -0.05) is 50.2 Å². The fraction of sp³-hybridized carbons (Fsp3) is 0.346. The van der Waals surface area contributed by atoms with Gasteiger partial charge in [0.05, 0.1) is 13.2 Å². The molecule has 0 unspecified atom stereocenters. The maximum Gasteiger partial charge on any atom is 0.261 e. The highest BCUT2D eigenvalue weighted by Crippen LogP contribution is 2.32. The lowest BCUT2D eigenvalue weighted by molar-refractivity contribution is -0.127. The molecule has 1 N–H and O–H groups in total. The minimum Gasteiger partial charge on any atom is -0.496 e. The van der Waals surface area contributed by atoms with Crippen LogP contribution in [0.15, 0.2) is 54.6 Å². The van der Waals surface area contributed by atoms with E-state index in [0.29, 0.717) is 11.7 Å². The highest BCUT2D eigenvalue weighted by atomic mass is 16.5. The average molecular weight is 406 g/mol. The number of fused-ring (bicyclic) bond motifs is 1. The Kier molecular flexibility index (Phi) is 6.66. The van der Waals surface area contributed by atoms with E-state index in [2.05, 4.69) is 25.2 Å². The van der Waals surface area contributed by atoms with Crippen LogP contribution in [0.5, 0.6) is 11.5 Å². The molecular weight excluding hydrogens is 374 g/mol. The molecule has 0 aliphatic heterocycles. The molecule has 0 aliphatic carbocycles. The van der Waals surface area contributed by atoms with Crippen molar-refractivity contribution in [1.82, 2.24) is 5.32 Å². The molecule has 0 bridgehead atoms. The number of ether oxygens (including phenoxy) is 2. The van der Waals surface area contributed by atoms with Crippen LogP contribution in [0.1, 0.15) is 56.3 Å². The van der Waals surface area contributed by atoms with Crippen LogP contribution in [0, 0.1) is 6.92 Å². The van der Waals surface area contributed by atoms with Gasteiger partial charge in [0, 0.05) is 5.39 Å². The summed E-state index contributed by atoms with van der Waals surface area (Å²) in [5.41, 5.74) is 3.32. The maximum absolute atomic E-state index is 12.9. The fourth-order valence-corrected chi connectivity index (χ4v) is 3.76. The van der Waals surface area contributed by atoms with Crippen LogP contribution in [0.3, 0.4) is 0 Å². The van der Waals surface area contributed by atoms with Gasteiger partial charge in [0.1, 0.15) is 11.5 Å². The second-order valence-electron chi connectivity index (χ2n) is 8.07. The van der Waals surface area contributed by atoms with Gasteiger partial charge >= 0.3 is 0 Å². The molecule has 0 heterocycles. The predicted octanol–water partition coefficient (Wildman–Crippen LogP) is 5.92. The minimum atomic E-state index is -0.610. The average Bonchev–Trinajstić information content (AvgIpc) is 2.73. The predicted molar refractivity (Wildman–Crippen MR) is 122 cm³/mol. The SMILES string of the molecule is COc1cc(C)c([C@@H](C)NC(=O)[C@H](C)Oc2cccc3ccccc23)cc1C(C)C. The number of nitrogens with one attached hydrogen (secondary N) is 1. The topological polar surface area (TPSA) is 47.6 Å². The number of amides is 1. The summed E-state index contributed by atoms with van der Waals surface area (Å²) >= 11 is 0. The van der Waals surface area contributed by atoms with E-state index in [9.17, 15) is 4.79 Å². The second-order valence-corrected chi connectivity index (χ2v) is 8.07. The first-order valence-electron chi connectivity index (χ1n) is 10.4. The first-order chi connectivity index (χ1) is 14.3. The Morgan fingerprint density at radius 2 is 1.60 bits per heavy atom. The molecule has 0 saturated carbocycles. The number of methoxy groups -OCH3 is 1. The van der Waals surface area contributed by atoms with Gasteiger partial charge in [-0.25, -0.2) is 0 Å². The van der Waals surface area contributed by atoms with Gasteiger partial charge in [-0.15, -0.1) is 0 Å². The molecule has 3 rings (SSSR count). The summed E-state index contributed by atoms with van der Waals surface area (Å²) in [6, 6.07) is 17.9. The van der Waals surface area contributed by atoms with Gasteiger partial charge in [-0.2, -0.15) is 0 Å². The third-order valence-corrected chi connectivity index (χ3v) is 5.49. The molecule has 0 aliphatic rings. The lowest BCUT2D eigenvalue weighted by atomic mass is 9.93. The van der Waals surface area contributed by atoms with Crippen LogP contribution in [0.2, 0.25) is 0 Å². The van der Waals surface area contributed by atoms with Crippen molar-refractivity contribution in [3.8, 4) is 11.5 Å². The molecule has 0 radical (unpaired) electrons. The van der Waals surface area contributed by atoms with Gasteiger partial charge in [-0.05, 0) is 67.0 Å². The first kappa shape index (κ1) is 21.7. The molecule has 1 amide bonds. The van der Waals surface area contributed by atoms with Crippen LogP contribution < -0.4 is 14.8 Å². The molecule has 4 nitrogen and oxygen atoms in total. The Hall–Kier alpha value is -3.01. The van der Waals surface area contributed by atoms with Gasteiger partial charge in [0.2, 0.25) is 0 Å². The number of carbonyl (C=O) groups is 1. The lowest BCUT2D eigenvalue weighted by Gasteiger charge is -2.23. The van der Waals surface area contributed by atoms with Crippen molar-refractivity contribution in [2.45, 2.75) is 52.7 Å². The van der Waals surface area contributed by atoms with Crippen molar-refractivity contribution in [3.05, 3.63) is 71.3 Å². The summed E-state index contributed by atoms with van der Waals surface area (Å²) in [4.78, 5) is 12.9. The molecule has 2 atom stereocenters. The Morgan fingerprint density at radius 1 is 0.900 bits per heavy atom. The standard InChI is InChI=1S/C26H31NO3/c1-16(2)22-15-23(17(3)14-25(22)29-6)18(4)27-26(28)19(5)30-24-13-9-11-20-10-7-8-12-21(20)24/h7-16,18-19H,1-6H3,(H,27,28)/t18-,19+/m1/s1. The van der Waals surface area contributed by atoms with Crippen LogP contribution in [0.25, 0.3) is 10.8 Å². The highest BCUT2D eigenvalue weighted by molar-refractivity contribution is 5.89. The van der Waals surface area contributed by atoms with Gasteiger partial charge in [-0.3, -0.25) is 4.79 Å². The summed E-state index contributed by atoms with van der Waals surface area (Å²) in [6.07, 6.45) is -0.610. The Labute approximate surface area is 179 Å². The monoisotopic (exact) mass is 405 g/mol. The smallest absolute Gasteiger partial charge is 0.261 e. The van der Waals surface area contributed by atoms with E-state index in [4.69, 9.17) is 9.47 Å². The second kappa shape index (κ2) is 9.21. The van der Waals surface area contributed by atoms with Crippen LogP contribution in [0.4, 0.5) is 0 Å². The van der Waals surface area contributed by atoms with Crippen molar-refractivity contribution in [2.24, 2.45) is 0 Å². The molecule has 0 fully saturated rings. The number of hydrogen-bond acceptors (Lipinski definition) is 3. The van der Waals surface area contributed by atoms with E-state index >= 15 is 0 Å². The summed E-state index contributed by atoms with van der Waals surface area (Å²) in [6.45, 7) is 10.1. The third-order valence-electron chi connectivity index (χ3n) is 5.49. The van der Waals surface area contributed by atoms with Crippen LogP contribution in [-0.4, -0.2) is 19.1 Å². The third kappa shape index (κ3) is 4.59. The van der Waals surface area contributed by atoms with E-state index in [-0.39, 0.29) is 11.9 Å². The van der Waals surface area contributed by atoms with Crippen molar-refractivity contribution < 1.29 is 14.3 Å². The van der Waals surface area contributed by atoms with E-state index in [0.717, 1.165) is 33.2 Å². The summed E-state index contributed by atoms with van der Waals surface area (Å²) in [7, 11) is 1.69. The Balaban J connectivity index is 1.76. The first-order valence-corrected chi connectivity index (χ1v) is 10.4. The van der Waals surface area contributed by atoms with Crippen molar-refractivity contribution >= 4 is 16.7 Å². The Bertz CT molecular complexity index is 1040. The van der Waals surface area contributed by atoms with Crippen LogP contribution >= 0.6 is 0 Å². The van der Waals surface area contributed by atoms with E-state index in [1.165, 1.54) is 0 Å². The molecule has 0 aromatic heterocycles. The molecule has 3 aromatic rings. The maximum atomic E-state index is 12.9. The minimum absolute atomic E-state index is 0.139. The van der Waals surface area contributed by atoms with Crippen LogP contribution in [-0.2, 0) is 4.79 Å². The quantitative estimate of drug-likeness (QED) is 0.530. The molecule has 0 saturated heterocycles. The molecule has 3 aromatic carbocycles. The lowest BCUT2D eigenvalue weighted by Crippen LogP contribution is -2.38. The highest BCUT2D eigenvalue weighted by Gasteiger charge is 2.21. The molecule has 158 valence electrons. The van der Waals surface area contributed by atoms with Crippen molar-refractivity contribution in [1.29, 1.82) is 0 Å². The zero-order chi connectivity index (χ0) is 21.8. The summed E-state index contributed by atoms with van der Waals surface area (Å²) in [5, 5.41) is 5.19. The largest absolute Gasteiger partial charge is 0.496 e. The van der Waals surface area contributed by atoms with Crippen molar-refractivity contribution in [2.75, 3.05) is 7.11 Å². The van der Waals surface area contributed by atoms with E-state index in [1.54, 1.807) is 14.0 Å². The molecular formula is C26H31NO3. The fourth-order valence-electron chi connectivity index (χ4n) is 3.76. The molecule has 30 heavy (non-hydrogen) atoms. The van der Waals surface area contributed by atoms with E-state index < -0.39 is 6.10 Å². The number of rotatable bonds is 7. The summed E-state index contributed by atoms with van der Waals surface area (Å²) in [5.74, 6) is 1.79. The van der Waals surface area contributed by atoms with Gasteiger partial charge in [0.25, 0.3) is 5.91 Å². The zero-order valence-electron chi connectivity index (χ0n) is 18.7. The number of aryl methyl sites for hydroxylation is 1. The Morgan fingerprint density at radius 3 is 2.30 bits per heavy atom. The number of benzene rings is 3. The van der Waals surface area contributed by atoms with Gasteiger partial charge in [0.15, 0.2) is 6.10 Å². The normalized spacial score (nSPS) is 13.2. The van der Waals surface area contributed by atoms with Crippen molar-refractivity contribution in [3.63, 3.8) is 0 Å². The van der Waals surface area contributed by atoms with E-state index in [1.807, 2.05) is 62.4 Å².